The van der Waals surface area contributed by atoms with Gasteiger partial charge in [0.2, 0.25) is 0 Å². The van der Waals surface area contributed by atoms with Crippen LogP contribution in [0, 0.1) is 13.8 Å². The summed E-state index contributed by atoms with van der Waals surface area (Å²) in [6.45, 7) is 9.66. The lowest BCUT2D eigenvalue weighted by Crippen LogP contribution is -2.48. The molecule has 0 spiro atoms. The normalized spacial score (nSPS) is 18.8. The van der Waals surface area contributed by atoms with E-state index in [0.717, 1.165) is 25.2 Å². The second kappa shape index (κ2) is 6.98. The van der Waals surface area contributed by atoms with Gasteiger partial charge in [0.25, 0.3) is 5.91 Å². The highest BCUT2D eigenvalue weighted by atomic mass is 16.2. The van der Waals surface area contributed by atoms with E-state index < -0.39 is 0 Å². The number of carbonyl (C=O) groups is 1. The van der Waals surface area contributed by atoms with E-state index in [1.54, 1.807) is 0 Å². The number of amides is 1. The zero-order chi connectivity index (χ0) is 15.4. The maximum atomic E-state index is 12.9. The van der Waals surface area contributed by atoms with Gasteiger partial charge < -0.3 is 10.2 Å². The lowest BCUT2D eigenvalue weighted by molar-refractivity contribution is 0.0675. The average molecular weight is 290 g/mol. The highest BCUT2D eigenvalue weighted by Gasteiger charge is 2.25. The molecule has 1 aromatic rings. The fourth-order valence-corrected chi connectivity index (χ4v) is 2.77. The minimum absolute atomic E-state index is 0.0628. The van der Waals surface area contributed by atoms with Crippen LogP contribution in [0.5, 0.6) is 0 Å². The van der Waals surface area contributed by atoms with Gasteiger partial charge in [-0.25, -0.2) is 0 Å². The molecule has 21 heavy (non-hydrogen) atoms. The van der Waals surface area contributed by atoms with Gasteiger partial charge in [-0.05, 0) is 53.1 Å². The average Bonchev–Trinajstić information content (AvgIpc) is 2.47. The molecule has 2 heterocycles. The van der Waals surface area contributed by atoms with Crippen molar-refractivity contribution < 1.29 is 4.79 Å². The Labute approximate surface area is 127 Å². The molecule has 1 N–H and O–H groups in total. The number of nitrogens with one attached hydrogen (secondary N) is 1. The van der Waals surface area contributed by atoms with Crippen molar-refractivity contribution in [1.82, 2.24) is 20.4 Å². The Morgan fingerprint density at radius 1 is 1.38 bits per heavy atom. The third kappa shape index (κ3) is 4.00. The summed E-state index contributed by atoms with van der Waals surface area (Å²) in [5, 5.41) is 11.6. The van der Waals surface area contributed by atoms with Crippen molar-refractivity contribution in [3.63, 3.8) is 0 Å². The summed E-state index contributed by atoms with van der Waals surface area (Å²) in [4.78, 5) is 14.8. The van der Waals surface area contributed by atoms with E-state index in [4.69, 9.17) is 0 Å². The molecule has 5 heteroatoms. The second-order valence-corrected chi connectivity index (χ2v) is 6.18. The summed E-state index contributed by atoms with van der Waals surface area (Å²) < 4.78 is 0. The minimum atomic E-state index is 0.0628. The van der Waals surface area contributed by atoms with Crippen molar-refractivity contribution in [1.29, 1.82) is 0 Å². The summed E-state index contributed by atoms with van der Waals surface area (Å²) >= 11 is 0. The summed E-state index contributed by atoms with van der Waals surface area (Å²) in [6.07, 6.45) is 3.62. The number of aryl methyl sites for hydroxylation is 2. The first-order valence-corrected chi connectivity index (χ1v) is 7.84. The van der Waals surface area contributed by atoms with Gasteiger partial charge in [-0.1, -0.05) is 6.42 Å². The van der Waals surface area contributed by atoms with Crippen molar-refractivity contribution in [2.24, 2.45) is 0 Å². The molecule has 0 radical (unpaired) electrons. The first kappa shape index (κ1) is 15.9. The van der Waals surface area contributed by atoms with Crippen LogP contribution in [-0.2, 0) is 0 Å². The van der Waals surface area contributed by atoms with Crippen LogP contribution >= 0.6 is 0 Å². The van der Waals surface area contributed by atoms with E-state index >= 15 is 0 Å². The molecule has 1 unspecified atom stereocenters. The second-order valence-electron chi connectivity index (χ2n) is 6.18. The van der Waals surface area contributed by atoms with Crippen LogP contribution in [0.4, 0.5) is 0 Å². The predicted molar refractivity (Wildman–Crippen MR) is 83.3 cm³/mol. The molecule has 1 aliphatic heterocycles. The Morgan fingerprint density at radius 3 is 2.76 bits per heavy atom. The molecular weight excluding hydrogens is 264 g/mol. The molecule has 0 bridgehead atoms. The lowest BCUT2D eigenvalue weighted by atomic mass is 10.0. The van der Waals surface area contributed by atoms with Gasteiger partial charge in [0, 0.05) is 18.6 Å². The molecule has 1 aliphatic rings. The molecule has 0 aromatic carbocycles. The van der Waals surface area contributed by atoms with Crippen LogP contribution in [-0.4, -0.2) is 46.2 Å². The van der Waals surface area contributed by atoms with E-state index in [1.807, 2.05) is 24.8 Å². The van der Waals surface area contributed by atoms with Crippen molar-refractivity contribution >= 4 is 5.91 Å². The summed E-state index contributed by atoms with van der Waals surface area (Å²) in [5.74, 6) is 0.0628. The molecule has 1 amide bonds. The molecule has 0 saturated carbocycles. The standard InChI is InChI=1S/C16H26N4O/c1-11(2)20(10-14-7-5-6-8-17-14)16(21)15-9-12(3)18-19-13(15)4/h9,11,14,17H,5-8,10H2,1-4H3. The van der Waals surface area contributed by atoms with Crippen LogP contribution in [0.15, 0.2) is 6.07 Å². The zero-order valence-electron chi connectivity index (χ0n) is 13.5. The Bertz CT molecular complexity index is 495. The van der Waals surface area contributed by atoms with Crippen LogP contribution in [0.2, 0.25) is 0 Å². The van der Waals surface area contributed by atoms with Crippen LogP contribution < -0.4 is 5.32 Å². The van der Waals surface area contributed by atoms with Gasteiger partial charge in [-0.15, -0.1) is 0 Å². The van der Waals surface area contributed by atoms with E-state index in [2.05, 4.69) is 29.4 Å². The van der Waals surface area contributed by atoms with Crippen LogP contribution in [0.3, 0.4) is 0 Å². The summed E-state index contributed by atoms with van der Waals surface area (Å²) in [6, 6.07) is 2.42. The molecule has 1 fully saturated rings. The van der Waals surface area contributed by atoms with Crippen LogP contribution in [0.1, 0.15) is 54.9 Å². The number of rotatable bonds is 4. The predicted octanol–water partition coefficient (Wildman–Crippen LogP) is 2.09. The monoisotopic (exact) mass is 290 g/mol. The SMILES string of the molecule is Cc1cc(C(=O)N(CC2CCCCN2)C(C)C)c(C)nn1. The van der Waals surface area contributed by atoms with E-state index in [0.29, 0.717) is 17.3 Å². The molecule has 2 rings (SSSR count). The smallest absolute Gasteiger partial charge is 0.256 e. The summed E-state index contributed by atoms with van der Waals surface area (Å²) in [7, 11) is 0. The fraction of sp³-hybridized carbons (Fsp3) is 0.688. The van der Waals surface area contributed by atoms with Gasteiger partial charge in [0.15, 0.2) is 0 Å². The molecule has 0 aliphatic carbocycles. The number of hydrogen-bond donors (Lipinski definition) is 1. The maximum Gasteiger partial charge on any atom is 0.256 e. The summed E-state index contributed by atoms with van der Waals surface area (Å²) in [5.41, 5.74) is 2.16. The quantitative estimate of drug-likeness (QED) is 0.922. The Morgan fingerprint density at radius 2 is 2.14 bits per heavy atom. The van der Waals surface area contributed by atoms with Gasteiger partial charge >= 0.3 is 0 Å². The number of nitrogens with zero attached hydrogens (tertiary/aromatic N) is 3. The third-order valence-corrected chi connectivity index (χ3v) is 4.04. The van der Waals surface area contributed by atoms with Crippen molar-refractivity contribution in [2.45, 2.75) is 59.0 Å². The molecular formula is C16H26N4O. The lowest BCUT2D eigenvalue weighted by Gasteiger charge is -2.33. The topological polar surface area (TPSA) is 58.1 Å². The molecule has 5 nitrogen and oxygen atoms in total. The first-order chi connectivity index (χ1) is 9.99. The van der Waals surface area contributed by atoms with Crippen molar-refractivity contribution in [3.8, 4) is 0 Å². The highest BCUT2D eigenvalue weighted by molar-refractivity contribution is 5.95. The number of carbonyl (C=O) groups excluding carboxylic acids is 1. The van der Waals surface area contributed by atoms with Gasteiger partial charge in [-0.3, -0.25) is 4.79 Å². The number of aromatic nitrogens is 2. The highest BCUT2D eigenvalue weighted by Crippen LogP contribution is 2.15. The van der Waals surface area contributed by atoms with Crippen molar-refractivity contribution in [3.05, 3.63) is 23.0 Å². The van der Waals surface area contributed by atoms with Crippen LogP contribution in [0.25, 0.3) is 0 Å². The van der Waals surface area contributed by atoms with E-state index in [-0.39, 0.29) is 11.9 Å². The number of hydrogen-bond acceptors (Lipinski definition) is 4. The number of piperidine rings is 1. The fourth-order valence-electron chi connectivity index (χ4n) is 2.77. The first-order valence-electron chi connectivity index (χ1n) is 7.84. The Hall–Kier alpha value is -1.49. The minimum Gasteiger partial charge on any atom is -0.335 e. The molecule has 116 valence electrons. The zero-order valence-corrected chi connectivity index (χ0v) is 13.5. The molecule has 1 atom stereocenters. The van der Waals surface area contributed by atoms with Gasteiger partial charge in [0.05, 0.1) is 17.0 Å². The maximum absolute atomic E-state index is 12.9. The molecule has 1 saturated heterocycles. The largest absolute Gasteiger partial charge is 0.335 e. The van der Waals surface area contributed by atoms with E-state index in [1.165, 1.54) is 12.8 Å². The third-order valence-electron chi connectivity index (χ3n) is 4.04. The molecule has 1 aromatic heterocycles. The van der Waals surface area contributed by atoms with Gasteiger partial charge in [0.1, 0.15) is 0 Å². The van der Waals surface area contributed by atoms with E-state index in [9.17, 15) is 4.79 Å². The van der Waals surface area contributed by atoms with Crippen molar-refractivity contribution in [2.75, 3.05) is 13.1 Å². The van der Waals surface area contributed by atoms with Gasteiger partial charge in [-0.2, -0.15) is 10.2 Å². The Balaban J connectivity index is 2.16. The Kier molecular flexibility index (Phi) is 5.28.